The Morgan fingerprint density at radius 1 is 0.941 bits per heavy atom. The molecule has 3 saturated heterocycles. The fraction of sp³-hybridized carbons (Fsp3) is 0.600. The molecule has 5 heterocycles. The van der Waals surface area contributed by atoms with Crippen molar-refractivity contribution in [3.63, 3.8) is 0 Å². The molecule has 0 aliphatic carbocycles. The second-order valence-electron chi connectivity index (χ2n) is 9.62. The second kappa shape index (κ2) is 10.3. The van der Waals surface area contributed by atoms with E-state index in [0.29, 0.717) is 17.7 Å². The number of carbonyl (C=O) groups excluding carboxylic acids is 2. The number of hydrogen-bond acceptors (Lipinski definition) is 6. The topological polar surface area (TPSA) is 72.9 Å². The molecule has 3 aliphatic heterocycles. The summed E-state index contributed by atoms with van der Waals surface area (Å²) in [5.74, 6) is 1.38. The van der Waals surface area contributed by atoms with E-state index in [1.165, 1.54) is 6.42 Å². The summed E-state index contributed by atoms with van der Waals surface area (Å²) in [7, 11) is 0. The molecule has 1 unspecified atom stereocenters. The predicted octanol–water partition coefficient (Wildman–Crippen LogP) is 3.67. The molecule has 34 heavy (non-hydrogen) atoms. The van der Waals surface area contributed by atoms with Gasteiger partial charge in [-0.25, -0.2) is 14.8 Å². The van der Waals surface area contributed by atoms with Gasteiger partial charge >= 0.3 is 6.03 Å². The van der Waals surface area contributed by atoms with E-state index in [9.17, 15) is 9.59 Å². The molecule has 2 aromatic heterocycles. The number of nitrogens with zero attached hydrogens (tertiary/aromatic N) is 6. The fourth-order valence-corrected chi connectivity index (χ4v) is 6.27. The van der Waals surface area contributed by atoms with Crippen LogP contribution in [0, 0.1) is 0 Å². The number of amides is 3. The Hall–Kier alpha value is -2.68. The third-order valence-corrected chi connectivity index (χ3v) is 8.45. The van der Waals surface area contributed by atoms with Crippen LogP contribution in [0.1, 0.15) is 60.4 Å². The van der Waals surface area contributed by atoms with Crippen molar-refractivity contribution in [2.24, 2.45) is 0 Å². The first-order valence-electron chi connectivity index (χ1n) is 12.6. The van der Waals surface area contributed by atoms with Crippen molar-refractivity contribution in [1.29, 1.82) is 0 Å². The SMILES string of the molecule is CC1CCCCN1C(=O)c1csc(C2CCN(C(=O)N3CCN(c4ccccn4)CC3)CC2)n1. The van der Waals surface area contributed by atoms with Gasteiger partial charge in [-0.05, 0) is 51.2 Å². The zero-order chi connectivity index (χ0) is 23.5. The molecule has 0 aromatic carbocycles. The van der Waals surface area contributed by atoms with Crippen molar-refractivity contribution < 1.29 is 9.59 Å². The normalized spacial score (nSPS) is 22.2. The third kappa shape index (κ3) is 4.89. The number of hydrogen-bond donors (Lipinski definition) is 0. The number of anilines is 1. The highest BCUT2D eigenvalue weighted by molar-refractivity contribution is 7.09. The van der Waals surface area contributed by atoms with Crippen LogP contribution >= 0.6 is 11.3 Å². The molecule has 0 N–H and O–H groups in total. The molecular weight excluding hydrogens is 448 g/mol. The van der Waals surface area contributed by atoms with Crippen LogP contribution in [0.5, 0.6) is 0 Å². The van der Waals surface area contributed by atoms with Crippen molar-refractivity contribution >= 4 is 29.1 Å². The molecule has 2 aromatic rings. The molecule has 8 nitrogen and oxygen atoms in total. The zero-order valence-corrected chi connectivity index (χ0v) is 20.8. The Morgan fingerprint density at radius 2 is 1.71 bits per heavy atom. The van der Waals surface area contributed by atoms with E-state index in [2.05, 4.69) is 16.8 Å². The number of aromatic nitrogens is 2. The third-order valence-electron chi connectivity index (χ3n) is 7.44. The van der Waals surface area contributed by atoms with Gasteiger partial charge < -0.3 is 19.6 Å². The number of pyridine rings is 1. The summed E-state index contributed by atoms with van der Waals surface area (Å²) in [5.41, 5.74) is 0.595. The van der Waals surface area contributed by atoms with Crippen molar-refractivity contribution in [3.8, 4) is 0 Å². The number of carbonyl (C=O) groups is 2. The smallest absolute Gasteiger partial charge is 0.320 e. The van der Waals surface area contributed by atoms with Gasteiger partial charge in [-0.2, -0.15) is 0 Å². The first-order chi connectivity index (χ1) is 16.6. The summed E-state index contributed by atoms with van der Waals surface area (Å²) in [6.45, 7) is 7.53. The lowest BCUT2D eigenvalue weighted by molar-refractivity contribution is 0.0630. The maximum atomic E-state index is 13.1. The summed E-state index contributed by atoms with van der Waals surface area (Å²) in [4.78, 5) is 43.4. The number of thiazole rings is 1. The Balaban J connectivity index is 1.11. The van der Waals surface area contributed by atoms with Crippen molar-refractivity contribution in [2.45, 2.75) is 51.0 Å². The van der Waals surface area contributed by atoms with E-state index in [1.54, 1.807) is 11.3 Å². The Bertz CT molecular complexity index is 982. The van der Waals surface area contributed by atoms with Crippen LogP contribution in [0.15, 0.2) is 29.8 Å². The molecule has 0 saturated carbocycles. The zero-order valence-electron chi connectivity index (χ0n) is 19.9. The van der Waals surface area contributed by atoms with Gasteiger partial charge in [0.1, 0.15) is 11.5 Å². The van der Waals surface area contributed by atoms with E-state index in [4.69, 9.17) is 4.98 Å². The number of likely N-dealkylation sites (tertiary alicyclic amines) is 2. The van der Waals surface area contributed by atoms with Crippen LogP contribution in [0.2, 0.25) is 0 Å². The van der Waals surface area contributed by atoms with Gasteiger partial charge in [-0.1, -0.05) is 6.07 Å². The molecule has 0 radical (unpaired) electrons. The Kier molecular flexibility index (Phi) is 6.99. The first-order valence-corrected chi connectivity index (χ1v) is 13.4. The summed E-state index contributed by atoms with van der Waals surface area (Å²) in [6.07, 6.45) is 6.98. The molecule has 3 aliphatic rings. The number of piperidine rings is 2. The first kappa shape index (κ1) is 23.1. The average Bonchev–Trinajstić information content (AvgIpc) is 3.39. The highest BCUT2D eigenvalue weighted by atomic mass is 32.1. The van der Waals surface area contributed by atoms with Gasteiger partial charge in [0.15, 0.2) is 0 Å². The fourth-order valence-electron chi connectivity index (χ4n) is 5.31. The van der Waals surface area contributed by atoms with Gasteiger partial charge in [-0.15, -0.1) is 11.3 Å². The predicted molar refractivity (Wildman–Crippen MR) is 133 cm³/mol. The van der Waals surface area contributed by atoms with E-state index in [0.717, 1.165) is 82.3 Å². The lowest BCUT2D eigenvalue weighted by atomic mass is 9.97. The average molecular weight is 483 g/mol. The maximum Gasteiger partial charge on any atom is 0.320 e. The summed E-state index contributed by atoms with van der Waals surface area (Å²) >= 11 is 1.60. The molecule has 0 bridgehead atoms. The van der Waals surface area contributed by atoms with Crippen LogP contribution in [-0.2, 0) is 0 Å². The maximum absolute atomic E-state index is 13.1. The van der Waals surface area contributed by atoms with E-state index >= 15 is 0 Å². The lowest BCUT2D eigenvalue weighted by Crippen LogP contribution is -2.54. The van der Waals surface area contributed by atoms with Crippen LogP contribution in [0.4, 0.5) is 10.6 Å². The molecule has 3 fully saturated rings. The molecule has 5 rings (SSSR count). The highest BCUT2D eigenvalue weighted by Crippen LogP contribution is 2.31. The minimum atomic E-state index is 0.0761. The lowest BCUT2D eigenvalue weighted by Gasteiger charge is -2.39. The number of piperazine rings is 1. The molecule has 3 amide bonds. The molecule has 9 heteroatoms. The minimum absolute atomic E-state index is 0.0761. The van der Waals surface area contributed by atoms with Crippen molar-refractivity contribution in [2.75, 3.05) is 50.7 Å². The number of urea groups is 1. The Morgan fingerprint density at radius 3 is 2.41 bits per heavy atom. The summed E-state index contributed by atoms with van der Waals surface area (Å²) in [5, 5.41) is 2.97. The van der Waals surface area contributed by atoms with Gasteiger partial charge in [0.05, 0.1) is 5.01 Å². The second-order valence-corrected chi connectivity index (χ2v) is 10.5. The molecular formula is C25H34N6O2S. The standard InChI is InChI=1S/C25H34N6O2S/c1-19-6-3-5-11-31(19)24(32)21-18-34-23(27-21)20-8-12-29(13-9-20)25(33)30-16-14-28(15-17-30)22-7-2-4-10-26-22/h2,4,7,10,18-20H,3,5-6,8-9,11-17H2,1H3. The van der Waals surface area contributed by atoms with Gasteiger partial charge in [-0.3, -0.25) is 4.79 Å². The van der Waals surface area contributed by atoms with Crippen LogP contribution in [0.25, 0.3) is 0 Å². The largest absolute Gasteiger partial charge is 0.353 e. The molecule has 182 valence electrons. The van der Waals surface area contributed by atoms with Gasteiger partial charge in [0.25, 0.3) is 5.91 Å². The van der Waals surface area contributed by atoms with Crippen molar-refractivity contribution in [1.82, 2.24) is 24.7 Å². The van der Waals surface area contributed by atoms with Crippen LogP contribution < -0.4 is 4.90 Å². The summed E-state index contributed by atoms with van der Waals surface area (Å²) in [6, 6.07) is 6.39. The highest BCUT2D eigenvalue weighted by Gasteiger charge is 2.31. The van der Waals surface area contributed by atoms with Crippen LogP contribution in [-0.4, -0.2) is 88.5 Å². The van der Waals surface area contributed by atoms with Gasteiger partial charge in [0, 0.05) is 69.3 Å². The van der Waals surface area contributed by atoms with E-state index in [1.807, 2.05) is 44.5 Å². The van der Waals surface area contributed by atoms with Gasteiger partial charge in [0.2, 0.25) is 0 Å². The molecule has 1 atom stereocenters. The minimum Gasteiger partial charge on any atom is -0.353 e. The van der Waals surface area contributed by atoms with E-state index < -0.39 is 0 Å². The molecule has 0 spiro atoms. The van der Waals surface area contributed by atoms with E-state index in [-0.39, 0.29) is 11.9 Å². The van der Waals surface area contributed by atoms with Crippen molar-refractivity contribution in [3.05, 3.63) is 40.5 Å². The monoisotopic (exact) mass is 482 g/mol. The summed E-state index contributed by atoms with van der Waals surface area (Å²) < 4.78 is 0. The quantitative estimate of drug-likeness (QED) is 0.667. The Labute approximate surface area is 205 Å². The number of rotatable bonds is 3. The van der Waals surface area contributed by atoms with Crippen LogP contribution in [0.3, 0.4) is 0 Å².